The Labute approximate surface area is 124 Å². The Balaban J connectivity index is 2.55. The van der Waals surface area contributed by atoms with Crippen molar-refractivity contribution in [1.29, 1.82) is 0 Å². The van der Waals surface area contributed by atoms with E-state index in [1.165, 1.54) is 11.3 Å². The molecule has 0 spiro atoms. The predicted molar refractivity (Wildman–Crippen MR) is 83.0 cm³/mol. The van der Waals surface area contributed by atoms with Gasteiger partial charge in [0.05, 0.1) is 9.75 Å². The fourth-order valence-electron chi connectivity index (χ4n) is 1.86. The molecule has 1 aromatic rings. The Morgan fingerprint density at radius 2 is 2.15 bits per heavy atom. The van der Waals surface area contributed by atoms with Gasteiger partial charge in [0, 0.05) is 12.6 Å². The Hall–Kier alpha value is -1.35. The first-order chi connectivity index (χ1) is 9.60. The maximum atomic E-state index is 12.1. The van der Waals surface area contributed by atoms with E-state index in [2.05, 4.69) is 35.9 Å². The van der Waals surface area contributed by atoms with Crippen LogP contribution in [0.2, 0.25) is 0 Å². The molecular formula is C15H22N2O2S. The highest BCUT2D eigenvalue weighted by molar-refractivity contribution is 7.14. The van der Waals surface area contributed by atoms with Crippen molar-refractivity contribution in [3.63, 3.8) is 0 Å². The lowest BCUT2D eigenvalue weighted by molar-refractivity contribution is 0.0934. The molecule has 1 unspecified atom stereocenters. The molecule has 0 fully saturated rings. The Bertz CT molecular complexity index is 484. The van der Waals surface area contributed by atoms with Gasteiger partial charge < -0.3 is 15.3 Å². The van der Waals surface area contributed by atoms with Crippen LogP contribution >= 0.6 is 11.3 Å². The van der Waals surface area contributed by atoms with Gasteiger partial charge in [0.15, 0.2) is 0 Å². The summed E-state index contributed by atoms with van der Waals surface area (Å²) in [6.07, 6.45) is 0. The number of hydrogen-bond acceptors (Lipinski definition) is 4. The lowest BCUT2D eigenvalue weighted by Crippen LogP contribution is -2.41. The van der Waals surface area contributed by atoms with E-state index in [-0.39, 0.29) is 18.6 Å². The van der Waals surface area contributed by atoms with Gasteiger partial charge in [-0.2, -0.15) is 0 Å². The van der Waals surface area contributed by atoms with Gasteiger partial charge in [0.25, 0.3) is 5.91 Å². The van der Waals surface area contributed by atoms with Gasteiger partial charge in [0.1, 0.15) is 6.61 Å². The topological polar surface area (TPSA) is 52.6 Å². The summed E-state index contributed by atoms with van der Waals surface area (Å²) in [5.41, 5.74) is 0. The highest BCUT2D eigenvalue weighted by Gasteiger charge is 2.13. The summed E-state index contributed by atoms with van der Waals surface area (Å²) < 4.78 is 0. The third kappa shape index (κ3) is 5.33. The van der Waals surface area contributed by atoms with Crippen LogP contribution in [0.1, 0.15) is 35.3 Å². The van der Waals surface area contributed by atoms with Crippen LogP contribution in [0.3, 0.4) is 0 Å². The molecule has 20 heavy (non-hydrogen) atoms. The Morgan fingerprint density at radius 3 is 2.75 bits per heavy atom. The molecule has 110 valence electrons. The van der Waals surface area contributed by atoms with Gasteiger partial charge in [0.2, 0.25) is 0 Å². The number of amides is 1. The smallest absolute Gasteiger partial charge is 0.261 e. The molecule has 1 amide bonds. The number of nitrogens with zero attached hydrogens (tertiary/aromatic N) is 1. The summed E-state index contributed by atoms with van der Waals surface area (Å²) in [7, 11) is 0. The lowest BCUT2D eigenvalue weighted by Gasteiger charge is -2.23. The van der Waals surface area contributed by atoms with E-state index in [0.717, 1.165) is 24.5 Å². The van der Waals surface area contributed by atoms with Crippen LogP contribution in [0.4, 0.5) is 0 Å². The fraction of sp³-hybridized carbons (Fsp3) is 0.533. The highest BCUT2D eigenvalue weighted by atomic mass is 32.1. The van der Waals surface area contributed by atoms with Crippen LogP contribution in [-0.4, -0.2) is 48.2 Å². The van der Waals surface area contributed by atoms with Crippen LogP contribution < -0.4 is 5.32 Å². The molecule has 0 saturated carbocycles. The Kier molecular flexibility index (Phi) is 7.31. The standard InChI is InChI=1S/C15H22N2O2S/c1-4-17(5-2)11-12(3)16-15(19)14-9-8-13(20-14)7-6-10-18/h8-9,12,18H,4-5,10-11H2,1-3H3,(H,16,19). The minimum absolute atomic E-state index is 0.0632. The molecule has 0 aliphatic carbocycles. The molecule has 1 heterocycles. The SMILES string of the molecule is CCN(CC)CC(C)NC(=O)c1ccc(C#CCO)s1. The van der Waals surface area contributed by atoms with Crippen LogP contribution in [0, 0.1) is 11.8 Å². The van der Waals surface area contributed by atoms with Gasteiger partial charge in [-0.05, 0) is 32.1 Å². The van der Waals surface area contributed by atoms with Crippen LogP contribution in [0.25, 0.3) is 0 Å². The number of nitrogens with one attached hydrogen (secondary N) is 1. The van der Waals surface area contributed by atoms with E-state index >= 15 is 0 Å². The summed E-state index contributed by atoms with van der Waals surface area (Å²) in [4.78, 5) is 15.8. The highest BCUT2D eigenvalue weighted by Crippen LogP contribution is 2.15. The lowest BCUT2D eigenvalue weighted by atomic mass is 10.3. The normalized spacial score (nSPS) is 11.8. The number of carbonyl (C=O) groups excluding carboxylic acids is 1. The quantitative estimate of drug-likeness (QED) is 0.783. The molecule has 0 saturated heterocycles. The fourth-order valence-corrected chi connectivity index (χ4v) is 2.65. The zero-order valence-electron chi connectivity index (χ0n) is 12.3. The van der Waals surface area contributed by atoms with Crippen molar-refractivity contribution in [1.82, 2.24) is 10.2 Å². The second kappa shape index (κ2) is 8.75. The molecule has 1 atom stereocenters. The molecule has 0 aliphatic rings. The number of aliphatic hydroxyl groups is 1. The predicted octanol–water partition coefficient (Wildman–Crippen LogP) is 1.55. The monoisotopic (exact) mass is 294 g/mol. The number of rotatable bonds is 6. The van der Waals surface area contributed by atoms with E-state index in [1.54, 1.807) is 12.1 Å². The van der Waals surface area contributed by atoms with Crippen LogP contribution in [-0.2, 0) is 0 Å². The molecule has 4 nitrogen and oxygen atoms in total. The average molecular weight is 294 g/mol. The molecule has 0 aliphatic heterocycles. The summed E-state index contributed by atoms with van der Waals surface area (Å²) in [6, 6.07) is 3.68. The molecule has 0 radical (unpaired) electrons. The van der Waals surface area contributed by atoms with Crippen molar-refractivity contribution in [3.05, 3.63) is 21.9 Å². The van der Waals surface area contributed by atoms with Gasteiger partial charge >= 0.3 is 0 Å². The third-order valence-electron chi connectivity index (χ3n) is 2.92. The number of thiophene rings is 1. The van der Waals surface area contributed by atoms with E-state index in [4.69, 9.17) is 5.11 Å². The largest absolute Gasteiger partial charge is 0.384 e. The van der Waals surface area contributed by atoms with E-state index in [9.17, 15) is 4.79 Å². The molecule has 1 aromatic heterocycles. The molecule has 5 heteroatoms. The first-order valence-corrected chi connectivity index (χ1v) is 7.65. The van der Waals surface area contributed by atoms with Gasteiger partial charge in [-0.15, -0.1) is 11.3 Å². The van der Waals surface area contributed by atoms with Gasteiger partial charge in [-0.25, -0.2) is 0 Å². The maximum absolute atomic E-state index is 12.1. The molecule has 0 bridgehead atoms. The van der Waals surface area contributed by atoms with Crippen molar-refractivity contribution in [2.75, 3.05) is 26.2 Å². The van der Waals surface area contributed by atoms with Gasteiger partial charge in [-0.1, -0.05) is 25.7 Å². The summed E-state index contributed by atoms with van der Waals surface area (Å²) in [5.74, 6) is 5.32. The number of aliphatic hydroxyl groups excluding tert-OH is 1. The summed E-state index contributed by atoms with van der Waals surface area (Å²) in [5, 5.41) is 11.6. The van der Waals surface area contributed by atoms with Crippen molar-refractivity contribution >= 4 is 17.2 Å². The average Bonchev–Trinajstić information content (AvgIpc) is 2.91. The molecular weight excluding hydrogens is 272 g/mol. The van der Waals surface area contributed by atoms with Crippen molar-refractivity contribution in [2.45, 2.75) is 26.8 Å². The van der Waals surface area contributed by atoms with Gasteiger partial charge in [-0.3, -0.25) is 4.79 Å². The second-order valence-corrected chi connectivity index (χ2v) is 5.57. The first kappa shape index (κ1) is 16.7. The third-order valence-corrected chi connectivity index (χ3v) is 3.92. The molecule has 1 rings (SSSR count). The van der Waals surface area contributed by atoms with E-state index < -0.39 is 0 Å². The van der Waals surface area contributed by atoms with Crippen LogP contribution in [0.5, 0.6) is 0 Å². The minimum atomic E-state index is -0.166. The summed E-state index contributed by atoms with van der Waals surface area (Å²) in [6.45, 7) is 8.89. The second-order valence-electron chi connectivity index (χ2n) is 4.48. The van der Waals surface area contributed by atoms with Crippen molar-refractivity contribution in [2.24, 2.45) is 0 Å². The first-order valence-electron chi connectivity index (χ1n) is 6.83. The molecule has 0 aromatic carbocycles. The Morgan fingerprint density at radius 1 is 1.45 bits per heavy atom. The summed E-state index contributed by atoms with van der Waals surface area (Å²) >= 11 is 1.34. The van der Waals surface area contributed by atoms with Crippen molar-refractivity contribution in [3.8, 4) is 11.8 Å². The minimum Gasteiger partial charge on any atom is -0.384 e. The number of likely N-dealkylation sites (N-methyl/N-ethyl adjacent to an activating group) is 1. The van der Waals surface area contributed by atoms with Crippen molar-refractivity contribution < 1.29 is 9.90 Å². The zero-order chi connectivity index (χ0) is 15.0. The van der Waals surface area contributed by atoms with E-state index in [1.807, 2.05) is 6.92 Å². The number of hydrogen-bond donors (Lipinski definition) is 2. The van der Waals surface area contributed by atoms with E-state index in [0.29, 0.717) is 4.88 Å². The maximum Gasteiger partial charge on any atom is 0.261 e. The zero-order valence-corrected chi connectivity index (χ0v) is 13.1. The molecule has 2 N–H and O–H groups in total. The van der Waals surface area contributed by atoms with Crippen LogP contribution in [0.15, 0.2) is 12.1 Å². The number of carbonyl (C=O) groups is 1.